The van der Waals surface area contributed by atoms with Crippen molar-refractivity contribution >= 4 is 28.6 Å². The SMILES string of the molecule is Nc1ccc(-c2ccsc2)cc1NC(=O)c1cn(CCCc2ccccc2)nn1. The fourth-order valence-electron chi connectivity index (χ4n) is 3.06. The van der Waals surface area contributed by atoms with Gasteiger partial charge in [-0.15, -0.1) is 5.10 Å². The quantitative estimate of drug-likeness (QED) is 0.446. The predicted octanol–water partition coefficient (Wildman–Crippen LogP) is 4.47. The Bertz CT molecular complexity index is 1090. The fourth-order valence-corrected chi connectivity index (χ4v) is 3.73. The number of anilines is 2. The average Bonchev–Trinajstić information content (AvgIpc) is 3.43. The Morgan fingerprint density at radius 2 is 1.97 bits per heavy atom. The Morgan fingerprint density at radius 3 is 2.76 bits per heavy atom. The van der Waals surface area contributed by atoms with E-state index in [0.29, 0.717) is 17.9 Å². The van der Waals surface area contributed by atoms with Gasteiger partial charge in [-0.1, -0.05) is 41.6 Å². The van der Waals surface area contributed by atoms with E-state index in [4.69, 9.17) is 5.73 Å². The lowest BCUT2D eigenvalue weighted by Crippen LogP contribution is -2.13. The molecule has 29 heavy (non-hydrogen) atoms. The van der Waals surface area contributed by atoms with Crippen LogP contribution in [-0.2, 0) is 13.0 Å². The molecule has 0 aliphatic rings. The Balaban J connectivity index is 1.38. The van der Waals surface area contributed by atoms with Gasteiger partial charge in [-0.3, -0.25) is 9.48 Å². The number of nitrogens with one attached hydrogen (secondary N) is 1. The predicted molar refractivity (Wildman–Crippen MR) is 117 cm³/mol. The number of aryl methyl sites for hydroxylation is 2. The van der Waals surface area contributed by atoms with Crippen LogP contribution in [0.1, 0.15) is 22.5 Å². The minimum Gasteiger partial charge on any atom is -0.397 e. The summed E-state index contributed by atoms with van der Waals surface area (Å²) in [7, 11) is 0. The van der Waals surface area contributed by atoms with Gasteiger partial charge in [0.15, 0.2) is 5.69 Å². The van der Waals surface area contributed by atoms with Gasteiger partial charge < -0.3 is 11.1 Å². The molecule has 146 valence electrons. The van der Waals surface area contributed by atoms with Crippen molar-refractivity contribution < 1.29 is 4.79 Å². The Morgan fingerprint density at radius 1 is 1.10 bits per heavy atom. The van der Waals surface area contributed by atoms with Gasteiger partial charge in [0, 0.05) is 6.54 Å². The number of benzene rings is 2. The number of hydrogen-bond acceptors (Lipinski definition) is 5. The molecule has 0 radical (unpaired) electrons. The number of nitrogen functional groups attached to an aromatic ring is 1. The lowest BCUT2D eigenvalue weighted by molar-refractivity contribution is 0.102. The van der Waals surface area contributed by atoms with E-state index in [2.05, 4.69) is 33.1 Å². The molecule has 0 aliphatic carbocycles. The Labute approximate surface area is 173 Å². The van der Waals surface area contributed by atoms with E-state index in [1.165, 1.54) is 5.56 Å². The van der Waals surface area contributed by atoms with Crippen molar-refractivity contribution in [3.8, 4) is 11.1 Å². The van der Waals surface area contributed by atoms with Crippen molar-refractivity contribution in [1.82, 2.24) is 15.0 Å². The second-order valence-electron chi connectivity index (χ2n) is 6.72. The van der Waals surface area contributed by atoms with Crippen LogP contribution < -0.4 is 11.1 Å². The van der Waals surface area contributed by atoms with Crippen LogP contribution >= 0.6 is 11.3 Å². The number of nitrogens with zero attached hydrogens (tertiary/aromatic N) is 3. The molecule has 2 aromatic heterocycles. The molecule has 0 atom stereocenters. The van der Waals surface area contributed by atoms with E-state index in [1.807, 2.05) is 41.8 Å². The van der Waals surface area contributed by atoms with Crippen molar-refractivity contribution in [3.05, 3.63) is 82.8 Å². The highest BCUT2D eigenvalue weighted by Gasteiger charge is 2.13. The molecule has 4 aromatic rings. The van der Waals surface area contributed by atoms with Gasteiger partial charge in [-0.25, -0.2) is 0 Å². The molecule has 3 N–H and O–H groups in total. The van der Waals surface area contributed by atoms with Crippen molar-refractivity contribution in [2.24, 2.45) is 0 Å². The largest absolute Gasteiger partial charge is 0.397 e. The maximum absolute atomic E-state index is 12.6. The topological polar surface area (TPSA) is 85.8 Å². The fraction of sp³-hybridized carbons (Fsp3) is 0.136. The summed E-state index contributed by atoms with van der Waals surface area (Å²) < 4.78 is 1.70. The van der Waals surface area contributed by atoms with Crippen LogP contribution in [0.4, 0.5) is 11.4 Å². The van der Waals surface area contributed by atoms with Crippen LogP contribution in [0, 0.1) is 0 Å². The van der Waals surface area contributed by atoms with E-state index in [1.54, 1.807) is 28.3 Å². The summed E-state index contributed by atoms with van der Waals surface area (Å²) >= 11 is 1.62. The summed E-state index contributed by atoms with van der Waals surface area (Å²) in [6.45, 7) is 0.699. The van der Waals surface area contributed by atoms with Gasteiger partial charge in [-0.2, -0.15) is 11.3 Å². The first-order valence-electron chi connectivity index (χ1n) is 9.36. The van der Waals surface area contributed by atoms with E-state index >= 15 is 0 Å². The molecule has 7 heteroatoms. The molecule has 1 amide bonds. The van der Waals surface area contributed by atoms with Gasteiger partial charge in [0.25, 0.3) is 5.91 Å². The third kappa shape index (κ3) is 4.70. The summed E-state index contributed by atoms with van der Waals surface area (Å²) in [5.74, 6) is -0.325. The molecule has 4 rings (SSSR count). The average molecular weight is 404 g/mol. The van der Waals surface area contributed by atoms with Crippen LogP contribution in [-0.4, -0.2) is 20.9 Å². The highest BCUT2D eigenvalue weighted by molar-refractivity contribution is 7.08. The van der Waals surface area contributed by atoms with Crippen LogP contribution in [0.5, 0.6) is 0 Å². The lowest BCUT2D eigenvalue weighted by Gasteiger charge is -2.09. The molecule has 0 saturated carbocycles. The Kier molecular flexibility index (Phi) is 5.67. The van der Waals surface area contributed by atoms with Crippen LogP contribution in [0.2, 0.25) is 0 Å². The maximum atomic E-state index is 12.6. The molecular formula is C22H21N5OS. The zero-order valence-corrected chi connectivity index (χ0v) is 16.6. The summed E-state index contributed by atoms with van der Waals surface area (Å²) in [6.07, 6.45) is 3.54. The second kappa shape index (κ2) is 8.70. The first-order chi connectivity index (χ1) is 14.2. The van der Waals surface area contributed by atoms with E-state index in [-0.39, 0.29) is 11.6 Å². The molecule has 0 unspecified atom stereocenters. The van der Waals surface area contributed by atoms with Gasteiger partial charge in [0.2, 0.25) is 0 Å². The minimum atomic E-state index is -0.325. The van der Waals surface area contributed by atoms with Crippen molar-refractivity contribution in [2.45, 2.75) is 19.4 Å². The van der Waals surface area contributed by atoms with Crippen LogP contribution in [0.15, 0.2) is 71.6 Å². The number of thiophene rings is 1. The summed E-state index contributed by atoms with van der Waals surface area (Å²) in [5, 5.41) is 15.0. The Hall–Kier alpha value is -3.45. The molecule has 0 saturated heterocycles. The maximum Gasteiger partial charge on any atom is 0.277 e. The first kappa shape index (κ1) is 18.9. The molecule has 0 aliphatic heterocycles. The van der Waals surface area contributed by atoms with Crippen molar-refractivity contribution in [3.63, 3.8) is 0 Å². The molecule has 0 fully saturated rings. The summed E-state index contributed by atoms with van der Waals surface area (Å²) in [6, 6.07) is 17.9. The normalized spacial score (nSPS) is 10.8. The summed E-state index contributed by atoms with van der Waals surface area (Å²) in [5.41, 5.74) is 10.8. The van der Waals surface area contributed by atoms with E-state index in [0.717, 1.165) is 24.0 Å². The van der Waals surface area contributed by atoms with Gasteiger partial charge in [-0.05, 0) is 58.5 Å². The van der Waals surface area contributed by atoms with Crippen molar-refractivity contribution in [2.75, 3.05) is 11.1 Å². The van der Waals surface area contributed by atoms with E-state index in [9.17, 15) is 4.79 Å². The minimum absolute atomic E-state index is 0.269. The molecule has 0 spiro atoms. The number of carbonyl (C=O) groups excluding carboxylic acids is 1. The zero-order chi connectivity index (χ0) is 20.1. The number of carbonyl (C=O) groups is 1. The number of hydrogen-bond donors (Lipinski definition) is 2. The smallest absolute Gasteiger partial charge is 0.277 e. The lowest BCUT2D eigenvalue weighted by atomic mass is 10.1. The van der Waals surface area contributed by atoms with Gasteiger partial charge in [0.1, 0.15) is 0 Å². The third-order valence-corrected chi connectivity index (χ3v) is 5.31. The second-order valence-corrected chi connectivity index (χ2v) is 7.50. The zero-order valence-electron chi connectivity index (χ0n) is 15.8. The molecule has 2 heterocycles. The number of nitrogens with two attached hydrogens (primary N) is 1. The first-order valence-corrected chi connectivity index (χ1v) is 10.3. The molecule has 6 nitrogen and oxygen atoms in total. The monoisotopic (exact) mass is 403 g/mol. The number of aromatic nitrogens is 3. The number of rotatable bonds is 7. The molecule has 0 bridgehead atoms. The third-order valence-electron chi connectivity index (χ3n) is 4.62. The van der Waals surface area contributed by atoms with Crippen LogP contribution in [0.3, 0.4) is 0 Å². The number of amides is 1. The summed E-state index contributed by atoms with van der Waals surface area (Å²) in [4.78, 5) is 12.6. The molecular weight excluding hydrogens is 382 g/mol. The van der Waals surface area contributed by atoms with Gasteiger partial charge >= 0.3 is 0 Å². The molecule has 2 aromatic carbocycles. The highest BCUT2D eigenvalue weighted by atomic mass is 32.1. The standard InChI is InChI=1S/C22H21N5OS/c23-19-9-8-17(18-10-12-29-15-18)13-20(19)24-22(28)21-14-27(26-25-21)11-4-7-16-5-2-1-3-6-16/h1-3,5-6,8-10,12-15H,4,7,11,23H2,(H,24,28). The van der Waals surface area contributed by atoms with Gasteiger partial charge in [0.05, 0.1) is 17.6 Å². The van der Waals surface area contributed by atoms with E-state index < -0.39 is 0 Å². The van der Waals surface area contributed by atoms with Crippen molar-refractivity contribution in [1.29, 1.82) is 0 Å². The van der Waals surface area contributed by atoms with Crippen LogP contribution in [0.25, 0.3) is 11.1 Å². The highest BCUT2D eigenvalue weighted by Crippen LogP contribution is 2.28.